The number of hydrogen-bond donors (Lipinski definition) is 1. The van der Waals surface area contributed by atoms with Crippen LogP contribution in [0.2, 0.25) is 10.0 Å². The molecule has 0 saturated carbocycles. The molecule has 1 N–H and O–H groups in total. The molecule has 0 unspecified atom stereocenters. The van der Waals surface area contributed by atoms with E-state index in [1.807, 2.05) is 36.4 Å². The van der Waals surface area contributed by atoms with Gasteiger partial charge in [0.2, 0.25) is 0 Å². The molecular formula is C23H20Cl2N2O4. The van der Waals surface area contributed by atoms with Gasteiger partial charge in [-0.15, -0.1) is 0 Å². The van der Waals surface area contributed by atoms with Crippen molar-refractivity contribution in [1.29, 1.82) is 0 Å². The van der Waals surface area contributed by atoms with Crippen molar-refractivity contribution in [3.63, 3.8) is 0 Å². The minimum Gasteiger partial charge on any atom is -0.493 e. The topological polar surface area (TPSA) is 69.2 Å². The number of methoxy groups -OCH3 is 1. The molecule has 31 heavy (non-hydrogen) atoms. The van der Waals surface area contributed by atoms with E-state index in [0.717, 1.165) is 11.1 Å². The maximum absolute atomic E-state index is 11.9. The minimum atomic E-state index is -0.433. The van der Waals surface area contributed by atoms with E-state index in [2.05, 4.69) is 10.5 Å². The van der Waals surface area contributed by atoms with E-state index in [0.29, 0.717) is 33.9 Å². The first-order valence-corrected chi connectivity index (χ1v) is 10.1. The van der Waals surface area contributed by atoms with Crippen molar-refractivity contribution in [2.75, 3.05) is 13.7 Å². The van der Waals surface area contributed by atoms with E-state index >= 15 is 0 Å². The van der Waals surface area contributed by atoms with Crippen LogP contribution in [0.25, 0.3) is 0 Å². The molecule has 0 fully saturated rings. The number of rotatable bonds is 9. The van der Waals surface area contributed by atoms with E-state index in [1.54, 1.807) is 31.4 Å². The zero-order chi connectivity index (χ0) is 22.1. The maximum Gasteiger partial charge on any atom is 0.277 e. The lowest BCUT2D eigenvalue weighted by atomic mass is 10.2. The van der Waals surface area contributed by atoms with Crippen LogP contribution < -0.4 is 19.6 Å². The maximum atomic E-state index is 11.9. The average molecular weight is 459 g/mol. The molecule has 8 heteroatoms. The molecule has 0 aromatic heterocycles. The van der Waals surface area contributed by atoms with Crippen LogP contribution in [0.1, 0.15) is 11.1 Å². The molecule has 3 aromatic carbocycles. The Labute approximate surface area is 190 Å². The summed E-state index contributed by atoms with van der Waals surface area (Å²) >= 11 is 11.8. The number of amides is 1. The van der Waals surface area contributed by atoms with Gasteiger partial charge in [-0.2, -0.15) is 5.10 Å². The summed E-state index contributed by atoms with van der Waals surface area (Å²) in [5.74, 6) is 1.10. The number of benzene rings is 3. The molecule has 3 rings (SSSR count). The van der Waals surface area contributed by atoms with E-state index in [1.165, 1.54) is 12.3 Å². The van der Waals surface area contributed by atoms with Gasteiger partial charge in [0.05, 0.1) is 18.3 Å². The molecule has 0 radical (unpaired) electrons. The second-order valence-corrected chi connectivity index (χ2v) is 7.18. The first-order valence-electron chi connectivity index (χ1n) is 9.29. The Balaban J connectivity index is 1.52. The molecule has 0 aliphatic heterocycles. The molecule has 1 amide bonds. The van der Waals surface area contributed by atoms with Gasteiger partial charge in [0, 0.05) is 5.02 Å². The zero-order valence-corrected chi connectivity index (χ0v) is 18.2. The molecule has 160 valence electrons. The highest BCUT2D eigenvalue weighted by Crippen LogP contribution is 2.29. The van der Waals surface area contributed by atoms with Gasteiger partial charge >= 0.3 is 0 Å². The average Bonchev–Trinajstić information content (AvgIpc) is 2.78. The third-order valence-corrected chi connectivity index (χ3v) is 4.61. The number of carbonyl (C=O) groups excluding carboxylic acids is 1. The van der Waals surface area contributed by atoms with Crippen LogP contribution in [0.15, 0.2) is 71.8 Å². The van der Waals surface area contributed by atoms with Gasteiger partial charge in [-0.25, -0.2) is 5.43 Å². The summed E-state index contributed by atoms with van der Waals surface area (Å²) in [7, 11) is 1.56. The van der Waals surface area contributed by atoms with Crippen molar-refractivity contribution in [3.8, 4) is 17.2 Å². The lowest BCUT2D eigenvalue weighted by Gasteiger charge is -2.11. The Hall–Kier alpha value is -3.22. The first kappa shape index (κ1) is 22.5. The van der Waals surface area contributed by atoms with Crippen LogP contribution in [-0.2, 0) is 11.4 Å². The lowest BCUT2D eigenvalue weighted by Crippen LogP contribution is -2.24. The third kappa shape index (κ3) is 6.91. The normalized spacial score (nSPS) is 10.7. The van der Waals surface area contributed by atoms with Crippen molar-refractivity contribution in [1.82, 2.24) is 5.43 Å². The Morgan fingerprint density at radius 3 is 2.48 bits per heavy atom. The molecule has 0 heterocycles. The van der Waals surface area contributed by atoms with Gasteiger partial charge < -0.3 is 14.2 Å². The van der Waals surface area contributed by atoms with Gasteiger partial charge in [0.25, 0.3) is 5.91 Å². The molecule has 0 saturated heterocycles. The van der Waals surface area contributed by atoms with Gasteiger partial charge in [-0.1, -0.05) is 53.5 Å². The van der Waals surface area contributed by atoms with Crippen LogP contribution >= 0.6 is 23.2 Å². The molecular weight excluding hydrogens is 439 g/mol. The SMILES string of the molecule is COc1cc(/C=N/NC(=O)COc2ccc(Cl)cc2Cl)ccc1OCc1ccccc1. The molecule has 0 aliphatic rings. The first-order chi connectivity index (χ1) is 15.0. The quantitative estimate of drug-likeness (QED) is 0.357. The molecule has 0 aliphatic carbocycles. The number of hydrazone groups is 1. The highest BCUT2D eigenvalue weighted by Gasteiger charge is 2.07. The van der Waals surface area contributed by atoms with E-state index < -0.39 is 5.91 Å². The highest BCUT2D eigenvalue weighted by molar-refractivity contribution is 6.35. The molecule has 0 spiro atoms. The fourth-order valence-corrected chi connectivity index (χ4v) is 3.03. The van der Waals surface area contributed by atoms with Crippen molar-refractivity contribution in [2.45, 2.75) is 6.61 Å². The van der Waals surface area contributed by atoms with E-state index in [-0.39, 0.29) is 6.61 Å². The van der Waals surface area contributed by atoms with Crippen molar-refractivity contribution in [2.24, 2.45) is 5.10 Å². The van der Waals surface area contributed by atoms with Crippen molar-refractivity contribution in [3.05, 3.63) is 87.9 Å². The number of nitrogens with one attached hydrogen (secondary N) is 1. The van der Waals surface area contributed by atoms with E-state index in [9.17, 15) is 4.79 Å². The summed E-state index contributed by atoms with van der Waals surface area (Å²) in [6, 6.07) is 20.0. The van der Waals surface area contributed by atoms with Gasteiger partial charge in [0.1, 0.15) is 12.4 Å². The Morgan fingerprint density at radius 1 is 0.968 bits per heavy atom. The number of nitrogens with zero attached hydrogens (tertiary/aromatic N) is 1. The summed E-state index contributed by atoms with van der Waals surface area (Å²) in [4.78, 5) is 11.9. The predicted molar refractivity (Wildman–Crippen MR) is 121 cm³/mol. The largest absolute Gasteiger partial charge is 0.493 e. The third-order valence-electron chi connectivity index (χ3n) is 4.08. The smallest absolute Gasteiger partial charge is 0.277 e. The van der Waals surface area contributed by atoms with Gasteiger partial charge in [-0.05, 0) is 47.5 Å². The fourth-order valence-electron chi connectivity index (χ4n) is 2.57. The van der Waals surface area contributed by atoms with Crippen LogP contribution in [0.4, 0.5) is 0 Å². The van der Waals surface area contributed by atoms with Crippen LogP contribution in [0.3, 0.4) is 0 Å². The van der Waals surface area contributed by atoms with Crippen molar-refractivity contribution >= 4 is 35.3 Å². The Morgan fingerprint density at radius 2 is 1.74 bits per heavy atom. The number of carbonyl (C=O) groups is 1. The predicted octanol–water partition coefficient (Wildman–Crippen LogP) is 5.11. The van der Waals surface area contributed by atoms with Gasteiger partial charge in [0.15, 0.2) is 18.1 Å². The molecule has 0 atom stereocenters. The number of halogens is 2. The second kappa shape index (κ2) is 11.2. The summed E-state index contributed by atoms with van der Waals surface area (Å²) < 4.78 is 16.6. The standard InChI is InChI=1S/C23H20Cl2N2O4/c1-29-22-11-17(7-9-21(22)30-14-16-5-3-2-4-6-16)13-26-27-23(28)15-31-20-10-8-18(24)12-19(20)25/h2-13H,14-15H2,1H3,(H,27,28)/b26-13+. The monoisotopic (exact) mass is 458 g/mol. The van der Waals surface area contributed by atoms with Crippen molar-refractivity contribution < 1.29 is 19.0 Å². The Kier molecular flexibility index (Phi) is 8.15. The molecule has 6 nitrogen and oxygen atoms in total. The Bertz CT molecular complexity index is 1060. The summed E-state index contributed by atoms with van der Waals surface area (Å²) in [5.41, 5.74) is 4.18. The lowest BCUT2D eigenvalue weighted by molar-refractivity contribution is -0.123. The highest BCUT2D eigenvalue weighted by atomic mass is 35.5. The summed E-state index contributed by atoms with van der Waals surface area (Å²) in [6.45, 7) is 0.187. The fraction of sp³-hybridized carbons (Fsp3) is 0.130. The van der Waals surface area contributed by atoms with Crippen LogP contribution in [-0.4, -0.2) is 25.8 Å². The zero-order valence-electron chi connectivity index (χ0n) is 16.7. The second-order valence-electron chi connectivity index (χ2n) is 6.34. The minimum absolute atomic E-state index is 0.242. The molecule has 3 aromatic rings. The van der Waals surface area contributed by atoms with Crippen LogP contribution in [0.5, 0.6) is 17.2 Å². The molecule has 0 bridgehead atoms. The van der Waals surface area contributed by atoms with Gasteiger partial charge in [-0.3, -0.25) is 4.79 Å². The summed E-state index contributed by atoms with van der Waals surface area (Å²) in [6.07, 6.45) is 1.50. The van der Waals surface area contributed by atoms with E-state index in [4.69, 9.17) is 37.4 Å². The summed E-state index contributed by atoms with van der Waals surface area (Å²) in [5, 5.41) is 4.74. The number of hydrogen-bond acceptors (Lipinski definition) is 5. The number of ether oxygens (including phenoxy) is 3. The van der Waals surface area contributed by atoms with Crippen LogP contribution in [0, 0.1) is 0 Å².